The van der Waals surface area contributed by atoms with Gasteiger partial charge in [0.2, 0.25) is 0 Å². The summed E-state index contributed by atoms with van der Waals surface area (Å²) in [5.41, 5.74) is 10.8. The second kappa shape index (κ2) is 15.7. The third-order valence-electron chi connectivity index (χ3n) is 8.45. The van der Waals surface area contributed by atoms with Crippen molar-refractivity contribution >= 4 is 34.7 Å². The summed E-state index contributed by atoms with van der Waals surface area (Å²) in [6, 6.07) is 49.0. The molecule has 6 aromatic carbocycles. The number of carbonyl (C=O) groups is 2. The Morgan fingerprint density at radius 3 is 1.08 bits per heavy atom. The van der Waals surface area contributed by atoms with E-state index in [1.807, 2.05) is 38.4 Å². The largest absolute Gasteiger partial charge is 0.423 e. The molecule has 0 aliphatic carbocycles. The van der Waals surface area contributed by atoms with Crippen molar-refractivity contribution in [2.24, 2.45) is 0 Å². The lowest BCUT2D eigenvalue weighted by atomic mass is 10.0. The Labute approximate surface area is 299 Å². The van der Waals surface area contributed by atoms with Crippen LogP contribution >= 0.6 is 0 Å². The summed E-state index contributed by atoms with van der Waals surface area (Å²) in [5.74, 6) is -0.0419. The van der Waals surface area contributed by atoms with Gasteiger partial charge in [0.05, 0.1) is 0 Å². The number of benzene rings is 6. The van der Waals surface area contributed by atoms with Crippen LogP contribution in [-0.4, -0.2) is 26.0 Å². The van der Waals surface area contributed by atoms with Gasteiger partial charge < -0.3 is 19.3 Å². The van der Waals surface area contributed by atoms with E-state index < -0.39 is 11.9 Å². The van der Waals surface area contributed by atoms with Gasteiger partial charge in [-0.3, -0.25) is 0 Å². The molecule has 6 heteroatoms. The normalized spacial score (nSPS) is 10.5. The van der Waals surface area contributed by atoms with Crippen molar-refractivity contribution < 1.29 is 19.1 Å². The summed E-state index contributed by atoms with van der Waals surface area (Å²) in [4.78, 5) is 27.5. The van der Waals surface area contributed by atoms with Crippen LogP contribution in [-0.2, 0) is 16.0 Å². The lowest BCUT2D eigenvalue weighted by Crippen LogP contribution is -2.10. The fourth-order valence-electron chi connectivity index (χ4n) is 5.71. The minimum absolute atomic E-state index is 0.469. The maximum Gasteiger partial charge on any atom is 0.335 e. The van der Waals surface area contributed by atoms with Crippen molar-refractivity contribution in [3.8, 4) is 33.8 Å². The number of hydrogen-bond acceptors (Lipinski definition) is 6. The summed E-state index contributed by atoms with van der Waals surface area (Å²) >= 11 is 0. The van der Waals surface area contributed by atoms with E-state index in [0.717, 1.165) is 57.9 Å². The number of carbonyl (C=O) groups excluding carboxylic acids is 2. The van der Waals surface area contributed by atoms with Crippen molar-refractivity contribution in [1.82, 2.24) is 0 Å². The van der Waals surface area contributed by atoms with Gasteiger partial charge in [0.1, 0.15) is 11.5 Å². The lowest BCUT2D eigenvalue weighted by Gasteiger charge is -2.26. The standard InChI is InChI=1S/C45H38N2O4/c1-5-44(48)50-42-27-15-36(16-28-42)34-11-23-40(24-12-34)47(39-21-9-33(10-22-39)31-32-7-19-38(20-8-32)46(3)4)41-25-13-35(14-26-41)37-17-29-43(30-18-37)51-45(49)6-2/h5-30H,1-2,31H2,3-4H3. The van der Waals surface area contributed by atoms with E-state index >= 15 is 0 Å². The summed E-state index contributed by atoms with van der Waals surface area (Å²) in [7, 11) is 4.09. The molecule has 0 aliphatic rings. The number of hydrogen-bond donors (Lipinski definition) is 0. The van der Waals surface area contributed by atoms with Crippen LogP contribution in [0, 0.1) is 0 Å². The molecule has 6 rings (SSSR count). The molecule has 0 bridgehead atoms. The van der Waals surface area contributed by atoms with Crippen LogP contribution in [0.15, 0.2) is 171 Å². The molecule has 0 heterocycles. The van der Waals surface area contributed by atoms with Crippen molar-refractivity contribution in [2.75, 3.05) is 23.9 Å². The Kier molecular flexibility index (Phi) is 10.5. The summed E-state index contributed by atoms with van der Waals surface area (Å²) in [6.45, 7) is 6.90. The SMILES string of the molecule is C=CC(=O)Oc1ccc(-c2ccc(N(c3ccc(Cc4ccc(N(C)C)cc4)cc3)c3ccc(-c4ccc(OC(=O)C=C)cc4)cc3)cc2)cc1. The van der Waals surface area contributed by atoms with E-state index in [4.69, 9.17) is 9.47 Å². The van der Waals surface area contributed by atoms with Gasteiger partial charge in [-0.1, -0.05) is 86.0 Å². The second-order valence-corrected chi connectivity index (χ2v) is 12.1. The molecule has 252 valence electrons. The average Bonchev–Trinajstić information content (AvgIpc) is 3.17. The first-order valence-corrected chi connectivity index (χ1v) is 16.5. The van der Waals surface area contributed by atoms with Crippen molar-refractivity contribution in [3.05, 3.63) is 182 Å². The minimum atomic E-state index is -0.489. The van der Waals surface area contributed by atoms with Crippen LogP contribution in [0.5, 0.6) is 11.5 Å². The number of anilines is 4. The van der Waals surface area contributed by atoms with E-state index in [2.05, 4.69) is 120 Å². The van der Waals surface area contributed by atoms with Crippen molar-refractivity contribution in [2.45, 2.75) is 6.42 Å². The highest BCUT2D eigenvalue weighted by Crippen LogP contribution is 2.37. The smallest absolute Gasteiger partial charge is 0.335 e. The third-order valence-corrected chi connectivity index (χ3v) is 8.45. The molecule has 0 radical (unpaired) electrons. The molecule has 0 aromatic heterocycles. The highest BCUT2D eigenvalue weighted by atomic mass is 16.5. The number of ether oxygens (including phenoxy) is 2. The van der Waals surface area contributed by atoms with Gasteiger partial charge in [-0.25, -0.2) is 9.59 Å². The van der Waals surface area contributed by atoms with Crippen LogP contribution in [0.25, 0.3) is 22.3 Å². The van der Waals surface area contributed by atoms with E-state index in [1.54, 1.807) is 24.3 Å². The minimum Gasteiger partial charge on any atom is -0.423 e. The number of esters is 2. The maximum absolute atomic E-state index is 11.6. The Balaban J connectivity index is 1.28. The Morgan fingerprint density at radius 2 is 0.765 bits per heavy atom. The maximum atomic E-state index is 11.6. The van der Waals surface area contributed by atoms with E-state index in [0.29, 0.717) is 11.5 Å². The summed E-state index contributed by atoms with van der Waals surface area (Å²) in [6.07, 6.45) is 3.13. The molecule has 0 atom stereocenters. The van der Waals surface area contributed by atoms with Gasteiger partial charge in [0.25, 0.3) is 0 Å². The van der Waals surface area contributed by atoms with Crippen LogP contribution < -0.4 is 19.3 Å². The zero-order chi connectivity index (χ0) is 35.7. The highest BCUT2D eigenvalue weighted by Gasteiger charge is 2.14. The van der Waals surface area contributed by atoms with Crippen LogP contribution in [0.3, 0.4) is 0 Å². The molecule has 51 heavy (non-hydrogen) atoms. The Morgan fingerprint density at radius 1 is 0.471 bits per heavy atom. The monoisotopic (exact) mass is 670 g/mol. The molecule has 0 fully saturated rings. The molecule has 0 amide bonds. The first kappa shape index (κ1) is 34.2. The van der Waals surface area contributed by atoms with Crippen molar-refractivity contribution in [3.63, 3.8) is 0 Å². The van der Waals surface area contributed by atoms with Gasteiger partial charge >= 0.3 is 11.9 Å². The predicted octanol–water partition coefficient (Wildman–Crippen LogP) is 10.3. The first-order chi connectivity index (χ1) is 24.8. The molecule has 0 saturated heterocycles. The van der Waals surface area contributed by atoms with E-state index in [-0.39, 0.29) is 0 Å². The molecule has 6 nitrogen and oxygen atoms in total. The molecular formula is C45H38N2O4. The molecule has 0 N–H and O–H groups in total. The lowest BCUT2D eigenvalue weighted by molar-refractivity contribution is -0.129. The van der Waals surface area contributed by atoms with Gasteiger partial charge in [0, 0.05) is 49.0 Å². The molecule has 0 unspecified atom stereocenters. The van der Waals surface area contributed by atoms with Gasteiger partial charge in [0.15, 0.2) is 0 Å². The average molecular weight is 671 g/mol. The van der Waals surface area contributed by atoms with Gasteiger partial charge in [-0.2, -0.15) is 0 Å². The topological polar surface area (TPSA) is 59.1 Å². The van der Waals surface area contributed by atoms with E-state index in [1.165, 1.54) is 16.8 Å². The zero-order valence-electron chi connectivity index (χ0n) is 28.7. The molecule has 0 spiro atoms. The summed E-state index contributed by atoms with van der Waals surface area (Å²) < 4.78 is 10.5. The molecule has 0 saturated carbocycles. The molecular weight excluding hydrogens is 633 g/mol. The van der Waals surface area contributed by atoms with Gasteiger partial charge in [-0.05, 0) is 113 Å². The highest BCUT2D eigenvalue weighted by molar-refractivity contribution is 5.84. The predicted molar refractivity (Wildman–Crippen MR) is 207 cm³/mol. The fraction of sp³-hybridized carbons (Fsp3) is 0.0667. The quantitative estimate of drug-likeness (QED) is 0.0734. The number of nitrogens with zero attached hydrogens (tertiary/aromatic N) is 2. The van der Waals surface area contributed by atoms with Crippen LogP contribution in [0.4, 0.5) is 22.7 Å². The Hall–Kier alpha value is -6.66. The van der Waals surface area contributed by atoms with Gasteiger partial charge in [-0.15, -0.1) is 0 Å². The van der Waals surface area contributed by atoms with Crippen LogP contribution in [0.1, 0.15) is 11.1 Å². The fourth-order valence-corrected chi connectivity index (χ4v) is 5.71. The van der Waals surface area contributed by atoms with Crippen molar-refractivity contribution in [1.29, 1.82) is 0 Å². The van der Waals surface area contributed by atoms with E-state index in [9.17, 15) is 9.59 Å². The second-order valence-electron chi connectivity index (χ2n) is 12.1. The first-order valence-electron chi connectivity index (χ1n) is 16.5. The molecule has 6 aromatic rings. The zero-order valence-corrected chi connectivity index (χ0v) is 28.7. The Bertz CT molecular complexity index is 2010. The number of rotatable bonds is 12. The molecule has 0 aliphatic heterocycles. The summed E-state index contributed by atoms with van der Waals surface area (Å²) in [5, 5.41) is 0. The van der Waals surface area contributed by atoms with Crippen LogP contribution in [0.2, 0.25) is 0 Å². The third kappa shape index (κ3) is 8.50.